The normalized spacial score (nSPS) is 10.2. The van der Waals surface area contributed by atoms with E-state index in [0.29, 0.717) is 19.4 Å². The number of alkyl carbamates (subject to hydrolysis) is 1. The molecule has 0 aliphatic heterocycles. The molecule has 9 heteroatoms. The third-order valence-corrected chi connectivity index (χ3v) is 4.31. The van der Waals surface area contributed by atoms with Gasteiger partial charge in [-0.3, -0.25) is 9.59 Å². The molecule has 8 nitrogen and oxygen atoms in total. The number of quaternary nitrogens is 1. The molecule has 0 heterocycles. The molecule has 192 valence electrons. The number of methoxy groups -OCH3 is 2. The van der Waals surface area contributed by atoms with Gasteiger partial charge in [0.25, 0.3) is 0 Å². The van der Waals surface area contributed by atoms with Crippen LogP contribution in [0, 0.1) is 0 Å². The zero-order valence-electron chi connectivity index (χ0n) is 20.9. The lowest BCUT2D eigenvalue weighted by Crippen LogP contribution is -3.00. The van der Waals surface area contributed by atoms with Gasteiger partial charge in [0, 0.05) is 19.4 Å². The molecular weight excluding hydrogens is 436 g/mol. The maximum absolute atomic E-state index is 11.3. The highest BCUT2D eigenvalue weighted by Gasteiger charge is 2.15. The summed E-state index contributed by atoms with van der Waals surface area (Å²) < 4.78 is 14.2. The van der Waals surface area contributed by atoms with Gasteiger partial charge < -0.3 is 37.7 Å². The number of hydrogen-bond donors (Lipinski definition) is 2. The van der Waals surface area contributed by atoms with Gasteiger partial charge in [-0.25, -0.2) is 4.79 Å². The van der Waals surface area contributed by atoms with E-state index < -0.39 is 5.60 Å². The van der Waals surface area contributed by atoms with Crippen molar-refractivity contribution in [1.82, 2.24) is 5.32 Å². The van der Waals surface area contributed by atoms with Crippen LogP contribution in [0.1, 0.15) is 97.8 Å². The van der Waals surface area contributed by atoms with Crippen LogP contribution in [0.15, 0.2) is 0 Å². The van der Waals surface area contributed by atoms with Gasteiger partial charge in [0.15, 0.2) is 0 Å². The molecule has 0 rings (SSSR count). The third kappa shape index (κ3) is 30.7. The summed E-state index contributed by atoms with van der Waals surface area (Å²) in [7, 11) is 2.84. The van der Waals surface area contributed by atoms with Gasteiger partial charge in [0.2, 0.25) is 0 Å². The Morgan fingerprint density at radius 3 is 1.53 bits per heavy atom. The van der Waals surface area contributed by atoms with Gasteiger partial charge in [0.05, 0.1) is 20.8 Å². The number of nitrogens with one attached hydrogen (secondary N) is 1. The average Bonchev–Trinajstić information content (AvgIpc) is 2.71. The van der Waals surface area contributed by atoms with E-state index in [-0.39, 0.29) is 30.4 Å². The summed E-state index contributed by atoms with van der Waals surface area (Å²) in [6, 6.07) is 0. The molecule has 0 atom stereocenters. The second-order valence-electron chi connectivity index (χ2n) is 8.47. The van der Waals surface area contributed by atoms with Crippen molar-refractivity contribution in [3.63, 3.8) is 0 Å². The zero-order valence-corrected chi connectivity index (χ0v) is 21.7. The molecule has 0 bridgehead atoms. The first kappa shape index (κ1) is 35.1. The van der Waals surface area contributed by atoms with Crippen molar-refractivity contribution in [1.29, 1.82) is 0 Å². The first-order chi connectivity index (χ1) is 14.7. The smallest absolute Gasteiger partial charge is 0.407 e. The average molecular weight is 483 g/mol. The Morgan fingerprint density at radius 1 is 0.719 bits per heavy atom. The Hall–Kier alpha value is -1.54. The monoisotopic (exact) mass is 482 g/mol. The molecule has 0 radical (unpaired) electrons. The van der Waals surface area contributed by atoms with Crippen molar-refractivity contribution < 1.29 is 46.7 Å². The van der Waals surface area contributed by atoms with Crippen LogP contribution in [0.2, 0.25) is 0 Å². The summed E-state index contributed by atoms with van der Waals surface area (Å²) in [5, 5.41) is 2.72. The highest BCUT2D eigenvalue weighted by molar-refractivity contribution is 5.69. The number of rotatable bonds is 15. The molecule has 0 fully saturated rings. The topological polar surface area (TPSA) is 119 Å². The molecule has 4 N–H and O–H groups in total. The quantitative estimate of drug-likeness (QED) is 0.202. The van der Waals surface area contributed by atoms with E-state index in [1.165, 1.54) is 33.5 Å². The minimum absolute atomic E-state index is 0. The van der Waals surface area contributed by atoms with Crippen molar-refractivity contribution in [2.75, 3.05) is 27.3 Å². The molecule has 0 aliphatic carbocycles. The number of ether oxygens (including phenoxy) is 3. The Balaban J connectivity index is -0.000000561. The fraction of sp³-hybridized carbons (Fsp3) is 0.870. The van der Waals surface area contributed by atoms with E-state index in [1.54, 1.807) is 0 Å². The molecule has 0 aliphatic rings. The fourth-order valence-corrected chi connectivity index (χ4v) is 2.61. The van der Waals surface area contributed by atoms with Crippen LogP contribution in [0.5, 0.6) is 0 Å². The fourth-order valence-electron chi connectivity index (χ4n) is 2.61. The predicted molar refractivity (Wildman–Crippen MR) is 121 cm³/mol. The minimum atomic E-state index is -0.446. The molecule has 0 aromatic heterocycles. The molecule has 0 saturated carbocycles. The van der Waals surface area contributed by atoms with Gasteiger partial charge in [-0.1, -0.05) is 32.1 Å². The first-order valence-electron chi connectivity index (χ1n) is 11.6. The number of carbonyl (C=O) groups is 3. The lowest BCUT2D eigenvalue weighted by Gasteiger charge is -2.19. The summed E-state index contributed by atoms with van der Waals surface area (Å²) in [6.45, 7) is 7.18. The molecular formula is C23H47ClN2O6. The first-order valence-corrected chi connectivity index (χ1v) is 11.6. The van der Waals surface area contributed by atoms with E-state index in [9.17, 15) is 14.4 Å². The summed E-state index contributed by atoms with van der Waals surface area (Å²) >= 11 is 0. The Morgan fingerprint density at radius 2 is 1.12 bits per heavy atom. The summed E-state index contributed by atoms with van der Waals surface area (Å²) in [5.74, 6) is -0.237. The highest BCUT2D eigenvalue weighted by Crippen LogP contribution is 2.08. The van der Waals surface area contributed by atoms with E-state index in [2.05, 4.69) is 20.5 Å². The molecule has 0 aromatic carbocycles. The standard InChI is InChI=1S/C14H27NO4.C9H19NO2.ClH/c1-14(2,3)19-13(17)15-11-9-7-5-6-8-10-12(16)18-4;1-12-9(11)7-5-3-2-4-6-8-10;/h5-11H2,1-4H3,(H,15,17);2-8,10H2,1H3;1H. The van der Waals surface area contributed by atoms with Crippen molar-refractivity contribution in [3.05, 3.63) is 0 Å². The van der Waals surface area contributed by atoms with Gasteiger partial charge >= 0.3 is 18.0 Å². The summed E-state index contributed by atoms with van der Waals surface area (Å²) in [6.07, 6.45) is 11.4. The Kier molecular flexibility index (Phi) is 26.4. The third-order valence-electron chi connectivity index (χ3n) is 4.31. The zero-order chi connectivity index (χ0) is 24.0. The van der Waals surface area contributed by atoms with Crippen LogP contribution in [0.3, 0.4) is 0 Å². The lowest BCUT2D eigenvalue weighted by atomic mass is 10.1. The summed E-state index contributed by atoms with van der Waals surface area (Å²) in [5.41, 5.74) is 3.32. The largest absolute Gasteiger partial charge is 1.00 e. The maximum atomic E-state index is 11.3. The Labute approximate surface area is 201 Å². The van der Waals surface area contributed by atoms with Crippen LogP contribution < -0.4 is 23.5 Å². The SMILES string of the molecule is COC(=O)CCCCCCCNC(=O)OC(C)(C)C.COC(=O)CCCCCCC[NH3+].[Cl-]. The van der Waals surface area contributed by atoms with Gasteiger partial charge in [-0.05, 0) is 52.9 Å². The van der Waals surface area contributed by atoms with Crippen molar-refractivity contribution in [2.24, 2.45) is 0 Å². The van der Waals surface area contributed by atoms with Crippen molar-refractivity contribution in [2.45, 2.75) is 103 Å². The number of hydrogen-bond acceptors (Lipinski definition) is 6. The lowest BCUT2D eigenvalue weighted by molar-refractivity contribution is -0.368. The van der Waals surface area contributed by atoms with Crippen LogP contribution in [-0.4, -0.2) is 50.9 Å². The number of halogens is 1. The molecule has 1 amide bonds. The Bertz CT molecular complexity index is 470. The molecule has 0 aromatic rings. The predicted octanol–water partition coefficient (Wildman–Crippen LogP) is 0.771. The van der Waals surface area contributed by atoms with Gasteiger partial charge in [0.1, 0.15) is 5.60 Å². The number of unbranched alkanes of at least 4 members (excludes halogenated alkanes) is 8. The maximum Gasteiger partial charge on any atom is 0.407 e. The molecule has 0 saturated heterocycles. The molecule has 32 heavy (non-hydrogen) atoms. The van der Waals surface area contributed by atoms with E-state index in [1.807, 2.05) is 20.8 Å². The van der Waals surface area contributed by atoms with E-state index in [0.717, 1.165) is 51.5 Å². The van der Waals surface area contributed by atoms with Crippen molar-refractivity contribution >= 4 is 18.0 Å². The second-order valence-corrected chi connectivity index (χ2v) is 8.47. The van der Waals surface area contributed by atoms with Crippen LogP contribution >= 0.6 is 0 Å². The number of amides is 1. The van der Waals surface area contributed by atoms with Gasteiger partial charge in [-0.2, -0.15) is 0 Å². The number of carbonyl (C=O) groups excluding carboxylic acids is 3. The number of esters is 2. The minimum Gasteiger partial charge on any atom is -1.00 e. The van der Waals surface area contributed by atoms with Crippen molar-refractivity contribution in [3.8, 4) is 0 Å². The highest BCUT2D eigenvalue weighted by atomic mass is 35.5. The van der Waals surface area contributed by atoms with Crippen LogP contribution in [0.25, 0.3) is 0 Å². The van der Waals surface area contributed by atoms with E-state index in [4.69, 9.17) is 4.74 Å². The van der Waals surface area contributed by atoms with Gasteiger partial charge in [-0.15, -0.1) is 0 Å². The second kappa shape index (κ2) is 24.1. The molecule has 0 spiro atoms. The van der Waals surface area contributed by atoms with Crippen LogP contribution in [-0.2, 0) is 23.8 Å². The summed E-state index contributed by atoms with van der Waals surface area (Å²) in [4.78, 5) is 32.8. The van der Waals surface area contributed by atoms with E-state index >= 15 is 0 Å². The molecule has 0 unspecified atom stereocenters. The van der Waals surface area contributed by atoms with Crippen LogP contribution in [0.4, 0.5) is 4.79 Å².